The zero-order chi connectivity index (χ0) is 25.1. The molecule has 10 nitrogen and oxygen atoms in total. The Morgan fingerprint density at radius 3 is 2.56 bits per heavy atom. The molecule has 1 saturated heterocycles. The minimum Gasteiger partial charge on any atom is -0.422 e. The van der Waals surface area contributed by atoms with E-state index in [-0.39, 0.29) is 18.1 Å². The third-order valence-corrected chi connectivity index (χ3v) is 6.81. The maximum Gasteiger partial charge on any atom is 0.345 e. The molecule has 0 unspecified atom stereocenters. The summed E-state index contributed by atoms with van der Waals surface area (Å²) < 4.78 is 5.38. The van der Waals surface area contributed by atoms with E-state index in [1.807, 2.05) is 12.1 Å². The number of nitro benzene ring substituents is 1. The lowest BCUT2D eigenvalue weighted by atomic mass is 10.1. The number of benzene rings is 2. The highest BCUT2D eigenvalue weighted by atomic mass is 32.1. The summed E-state index contributed by atoms with van der Waals surface area (Å²) >= 11 is 1.26. The van der Waals surface area contributed by atoms with Gasteiger partial charge in [-0.2, -0.15) is 0 Å². The topological polar surface area (TPSA) is 122 Å². The van der Waals surface area contributed by atoms with Gasteiger partial charge in [-0.1, -0.05) is 30.3 Å². The first-order valence-electron chi connectivity index (χ1n) is 11.4. The van der Waals surface area contributed by atoms with Crippen LogP contribution in [-0.4, -0.2) is 58.3 Å². The Morgan fingerprint density at radius 2 is 1.81 bits per heavy atom. The van der Waals surface area contributed by atoms with E-state index >= 15 is 0 Å². The summed E-state index contributed by atoms with van der Waals surface area (Å²) in [5, 5.41) is 16.6. The summed E-state index contributed by atoms with van der Waals surface area (Å²) in [5.41, 5.74) is 1.98. The molecule has 2 aromatic carbocycles. The second-order valence-corrected chi connectivity index (χ2v) is 9.41. The van der Waals surface area contributed by atoms with Crippen molar-refractivity contribution in [3.63, 3.8) is 0 Å². The lowest BCUT2D eigenvalue weighted by Gasteiger charge is -2.34. The van der Waals surface area contributed by atoms with Crippen molar-refractivity contribution in [2.75, 3.05) is 38.0 Å². The van der Waals surface area contributed by atoms with Crippen LogP contribution in [-0.2, 0) is 11.3 Å². The number of piperazine rings is 1. The van der Waals surface area contributed by atoms with Gasteiger partial charge < -0.3 is 9.73 Å². The third-order valence-electron chi connectivity index (χ3n) is 6.05. The first-order valence-corrected chi connectivity index (χ1v) is 12.3. The summed E-state index contributed by atoms with van der Waals surface area (Å²) in [6.07, 6.45) is 0. The molecule has 0 spiro atoms. The maximum absolute atomic E-state index is 12.6. The molecular formula is C25H23N5O5S. The number of carbonyl (C=O) groups excluding carboxylic acids is 1. The zero-order valence-corrected chi connectivity index (χ0v) is 20.1. The fraction of sp³-hybridized carbons (Fsp3) is 0.240. The fourth-order valence-electron chi connectivity index (χ4n) is 4.14. The molecule has 0 atom stereocenters. The van der Waals surface area contributed by atoms with Crippen molar-refractivity contribution in [2.24, 2.45) is 0 Å². The zero-order valence-electron chi connectivity index (χ0n) is 19.3. The summed E-state index contributed by atoms with van der Waals surface area (Å²) in [6.45, 7) is 4.03. The monoisotopic (exact) mass is 505 g/mol. The number of anilines is 1. The Balaban J connectivity index is 1.13. The number of hydrogen-bond donors (Lipinski definition) is 1. The number of para-hydroxylation sites is 1. The van der Waals surface area contributed by atoms with Crippen LogP contribution in [0.2, 0.25) is 0 Å². The highest BCUT2D eigenvalue weighted by molar-refractivity contribution is 7.14. The molecule has 4 aromatic rings. The van der Waals surface area contributed by atoms with Gasteiger partial charge in [-0.3, -0.25) is 24.7 Å². The number of nitro groups is 1. The van der Waals surface area contributed by atoms with Crippen LogP contribution < -0.4 is 10.9 Å². The standard InChI is InChI=1S/C25H23N5O5S/c31-23(15-29-11-9-28(10-12-29)14-17-5-7-19(8-6-17)30(33)34)27-25-26-21(16-36-25)20-13-18-3-1-2-4-22(18)35-24(20)32/h1-8,13,16H,9-12,14-15H2,(H,26,27,31). The second-order valence-electron chi connectivity index (χ2n) is 8.55. The largest absolute Gasteiger partial charge is 0.422 e. The van der Waals surface area contributed by atoms with Crippen LogP contribution in [0.4, 0.5) is 10.8 Å². The Labute approximate surface area is 209 Å². The molecule has 1 aliphatic rings. The predicted molar refractivity (Wildman–Crippen MR) is 137 cm³/mol. The molecule has 36 heavy (non-hydrogen) atoms. The van der Waals surface area contributed by atoms with Gasteiger partial charge in [0, 0.05) is 55.6 Å². The number of rotatable bonds is 7. The van der Waals surface area contributed by atoms with Gasteiger partial charge >= 0.3 is 5.63 Å². The number of thiazole rings is 1. The molecule has 1 amide bonds. The van der Waals surface area contributed by atoms with Crippen LogP contribution in [0.5, 0.6) is 0 Å². The first kappa shape index (κ1) is 23.8. The lowest BCUT2D eigenvalue weighted by molar-refractivity contribution is -0.384. The van der Waals surface area contributed by atoms with Crippen molar-refractivity contribution in [1.29, 1.82) is 0 Å². The van der Waals surface area contributed by atoms with E-state index in [1.54, 1.807) is 35.7 Å². The van der Waals surface area contributed by atoms with Gasteiger partial charge in [-0.05, 0) is 17.7 Å². The quantitative estimate of drug-likeness (QED) is 0.230. The summed E-state index contributed by atoms with van der Waals surface area (Å²) in [5.74, 6) is -0.162. The second kappa shape index (κ2) is 10.4. The van der Waals surface area contributed by atoms with Crippen LogP contribution in [0, 0.1) is 10.1 Å². The van der Waals surface area contributed by atoms with E-state index in [4.69, 9.17) is 4.42 Å². The van der Waals surface area contributed by atoms with E-state index in [1.165, 1.54) is 23.5 Å². The molecule has 0 saturated carbocycles. The van der Waals surface area contributed by atoms with Crippen LogP contribution in [0.25, 0.3) is 22.2 Å². The van der Waals surface area contributed by atoms with Gasteiger partial charge in [0.25, 0.3) is 5.69 Å². The van der Waals surface area contributed by atoms with E-state index in [2.05, 4.69) is 20.1 Å². The molecule has 5 rings (SSSR count). The van der Waals surface area contributed by atoms with Gasteiger partial charge in [-0.15, -0.1) is 11.3 Å². The van der Waals surface area contributed by atoms with Crippen LogP contribution >= 0.6 is 11.3 Å². The molecule has 11 heteroatoms. The van der Waals surface area contributed by atoms with Gasteiger partial charge in [0.15, 0.2) is 5.13 Å². The van der Waals surface area contributed by atoms with Crippen LogP contribution in [0.1, 0.15) is 5.56 Å². The van der Waals surface area contributed by atoms with Crippen molar-refractivity contribution in [3.05, 3.63) is 86.1 Å². The van der Waals surface area contributed by atoms with Crippen molar-refractivity contribution < 1.29 is 14.1 Å². The van der Waals surface area contributed by atoms with Crippen LogP contribution in [0.15, 0.2) is 69.2 Å². The molecular weight excluding hydrogens is 482 g/mol. The smallest absolute Gasteiger partial charge is 0.345 e. The molecule has 3 heterocycles. The van der Waals surface area contributed by atoms with Gasteiger partial charge in [0.2, 0.25) is 5.91 Å². The normalized spacial score (nSPS) is 14.7. The lowest BCUT2D eigenvalue weighted by Crippen LogP contribution is -2.48. The molecule has 184 valence electrons. The molecule has 0 bridgehead atoms. The molecule has 1 aliphatic heterocycles. The predicted octanol–water partition coefficient (Wildman–Crippen LogP) is 3.58. The Hall–Kier alpha value is -3.93. The van der Waals surface area contributed by atoms with Crippen molar-refractivity contribution in [2.45, 2.75) is 6.54 Å². The van der Waals surface area contributed by atoms with E-state index in [9.17, 15) is 19.7 Å². The molecule has 2 aromatic heterocycles. The minimum atomic E-state index is -0.469. The number of nitrogens with one attached hydrogen (secondary N) is 1. The van der Waals surface area contributed by atoms with Gasteiger partial charge in [-0.25, -0.2) is 9.78 Å². The Kier molecular flexibility index (Phi) is 6.85. The fourth-order valence-corrected chi connectivity index (χ4v) is 4.87. The number of carbonyl (C=O) groups is 1. The summed E-state index contributed by atoms with van der Waals surface area (Å²) in [4.78, 5) is 44.1. The molecule has 1 fully saturated rings. The molecule has 0 radical (unpaired) electrons. The van der Waals surface area contributed by atoms with E-state index in [0.29, 0.717) is 28.5 Å². The van der Waals surface area contributed by atoms with Gasteiger partial charge in [0.1, 0.15) is 5.58 Å². The number of hydrogen-bond acceptors (Lipinski definition) is 9. The maximum atomic E-state index is 12.6. The number of nitrogens with zero attached hydrogens (tertiary/aromatic N) is 4. The number of non-ortho nitro benzene ring substituents is 1. The number of aromatic nitrogens is 1. The Bertz CT molecular complexity index is 1460. The third kappa shape index (κ3) is 5.48. The minimum absolute atomic E-state index is 0.0858. The van der Waals surface area contributed by atoms with Gasteiger partial charge in [0.05, 0.1) is 22.7 Å². The van der Waals surface area contributed by atoms with Crippen molar-refractivity contribution in [1.82, 2.24) is 14.8 Å². The SMILES string of the molecule is O=C(CN1CCN(Cc2ccc([N+](=O)[O-])cc2)CC1)Nc1nc(-c2cc3ccccc3oc2=O)cs1. The molecule has 0 aliphatic carbocycles. The first-order chi connectivity index (χ1) is 17.4. The van der Waals surface area contributed by atoms with Crippen molar-refractivity contribution >= 4 is 39.0 Å². The highest BCUT2D eigenvalue weighted by Gasteiger charge is 2.20. The average Bonchev–Trinajstić information content (AvgIpc) is 3.33. The number of fused-ring (bicyclic) bond motifs is 1. The number of amides is 1. The highest BCUT2D eigenvalue weighted by Crippen LogP contribution is 2.25. The van der Waals surface area contributed by atoms with E-state index in [0.717, 1.165) is 37.1 Å². The summed E-state index contributed by atoms with van der Waals surface area (Å²) in [6, 6.07) is 15.6. The average molecular weight is 506 g/mol. The van der Waals surface area contributed by atoms with Crippen molar-refractivity contribution in [3.8, 4) is 11.3 Å². The Morgan fingerprint density at radius 1 is 1.08 bits per heavy atom. The van der Waals surface area contributed by atoms with E-state index < -0.39 is 10.5 Å². The van der Waals surface area contributed by atoms with Crippen LogP contribution in [0.3, 0.4) is 0 Å². The summed E-state index contributed by atoms with van der Waals surface area (Å²) in [7, 11) is 0. The molecule has 1 N–H and O–H groups in total.